The van der Waals surface area contributed by atoms with Crippen molar-refractivity contribution in [1.82, 2.24) is 24.1 Å². The first-order chi connectivity index (χ1) is 32.2. The first-order valence-electron chi connectivity index (χ1n) is 21.9. The Balaban J connectivity index is 1.11. The number of fused-ring (bicyclic) bond motifs is 12. The van der Waals surface area contributed by atoms with Gasteiger partial charge in [0, 0.05) is 48.8 Å². The Morgan fingerprint density at radius 3 is 1.72 bits per heavy atom. The predicted octanol–water partition coefficient (Wildman–Crippen LogP) is 15.3. The van der Waals surface area contributed by atoms with Gasteiger partial charge in [-0.25, -0.2) is 4.98 Å². The summed E-state index contributed by atoms with van der Waals surface area (Å²) in [4.78, 5) is 16.2. The van der Waals surface area contributed by atoms with Crippen molar-refractivity contribution < 1.29 is 4.42 Å². The average Bonchev–Trinajstić information content (AvgIpc) is 4.03. The summed E-state index contributed by atoms with van der Waals surface area (Å²) < 4.78 is 11.5. The molecule has 0 atom stereocenters. The molecule has 0 unspecified atom stereocenters. The molecule has 0 amide bonds. The lowest BCUT2D eigenvalue weighted by Gasteiger charge is -2.14. The zero-order chi connectivity index (χ0) is 42.6. The normalized spacial score (nSPS) is 12.0. The number of furan rings is 1. The average molecular weight is 830 g/mol. The molecule has 0 aliphatic heterocycles. The van der Waals surface area contributed by atoms with Gasteiger partial charge < -0.3 is 8.98 Å². The van der Waals surface area contributed by atoms with Gasteiger partial charge in [0.2, 0.25) is 5.95 Å². The maximum Gasteiger partial charge on any atom is 0.238 e. The van der Waals surface area contributed by atoms with Crippen molar-refractivity contribution in [2.75, 3.05) is 0 Å². The minimum absolute atomic E-state index is 0.542. The molecule has 14 rings (SSSR count). The maximum absolute atomic E-state index is 6.94. The number of hydrogen-bond donors (Lipinski definition) is 0. The molecule has 0 N–H and O–H groups in total. The monoisotopic (exact) mass is 829 g/mol. The molecule has 0 aliphatic carbocycles. The highest BCUT2D eigenvalue weighted by atomic mass is 16.3. The fraction of sp³-hybridized carbons (Fsp3) is 0. The highest BCUT2D eigenvalue weighted by Crippen LogP contribution is 2.43. The van der Waals surface area contributed by atoms with Gasteiger partial charge in [0.15, 0.2) is 17.2 Å². The number of benzene rings is 10. The Kier molecular flexibility index (Phi) is 7.59. The highest BCUT2D eigenvalue weighted by Gasteiger charge is 2.24. The zero-order valence-electron chi connectivity index (χ0n) is 34.9. The van der Waals surface area contributed by atoms with Crippen molar-refractivity contribution >= 4 is 87.1 Å². The molecule has 0 saturated heterocycles. The number of hydrogen-bond acceptors (Lipinski definition) is 4. The van der Waals surface area contributed by atoms with Gasteiger partial charge in [-0.15, -0.1) is 0 Å². The van der Waals surface area contributed by atoms with Gasteiger partial charge in [-0.05, 0) is 75.8 Å². The van der Waals surface area contributed by atoms with Crippen LogP contribution < -0.4 is 0 Å². The molecule has 0 saturated carbocycles. The molecular formula is C59H35N5O. The quantitative estimate of drug-likeness (QED) is 0.173. The molecule has 4 aromatic heterocycles. The van der Waals surface area contributed by atoms with E-state index in [1.165, 1.54) is 26.9 Å². The van der Waals surface area contributed by atoms with E-state index >= 15 is 0 Å². The van der Waals surface area contributed by atoms with Gasteiger partial charge in [0.25, 0.3) is 0 Å². The number of rotatable bonds is 5. The SMILES string of the molecule is c1ccc(-c2cccc(-c3nc(-c4cc(-n5c6cc7ccccc7cc6c6ccc7ccccc7c65)c5oc6ccccc6c5c4)nc(-n4c5ccccc5c5ccccc54)n3)c2)cc1. The van der Waals surface area contributed by atoms with Crippen LogP contribution in [0.4, 0.5) is 0 Å². The second kappa shape index (κ2) is 13.8. The van der Waals surface area contributed by atoms with Crippen LogP contribution in [0.15, 0.2) is 217 Å². The molecule has 6 nitrogen and oxygen atoms in total. The smallest absolute Gasteiger partial charge is 0.238 e. The zero-order valence-corrected chi connectivity index (χ0v) is 34.9. The summed E-state index contributed by atoms with van der Waals surface area (Å²) in [6.45, 7) is 0. The Morgan fingerprint density at radius 1 is 0.323 bits per heavy atom. The molecule has 6 heteroatoms. The summed E-state index contributed by atoms with van der Waals surface area (Å²) in [5.74, 6) is 1.68. The highest BCUT2D eigenvalue weighted by molar-refractivity contribution is 6.22. The fourth-order valence-corrected chi connectivity index (χ4v) is 10.1. The largest absolute Gasteiger partial charge is 0.454 e. The molecule has 0 aliphatic rings. The van der Waals surface area contributed by atoms with E-state index in [9.17, 15) is 0 Å². The van der Waals surface area contributed by atoms with E-state index < -0.39 is 0 Å². The predicted molar refractivity (Wildman–Crippen MR) is 267 cm³/mol. The Morgan fingerprint density at radius 2 is 0.938 bits per heavy atom. The first kappa shape index (κ1) is 35.7. The van der Waals surface area contributed by atoms with Crippen LogP contribution >= 0.6 is 0 Å². The lowest BCUT2D eigenvalue weighted by molar-refractivity contribution is 0.666. The molecule has 10 aromatic carbocycles. The van der Waals surface area contributed by atoms with E-state index in [2.05, 4.69) is 209 Å². The summed E-state index contributed by atoms with van der Waals surface area (Å²) in [6, 6.07) is 75.0. The van der Waals surface area contributed by atoms with Crippen LogP contribution in [0, 0.1) is 0 Å². The minimum atomic E-state index is 0.542. The van der Waals surface area contributed by atoms with Crippen LogP contribution in [-0.2, 0) is 0 Å². The first-order valence-corrected chi connectivity index (χ1v) is 21.9. The Labute approximate surface area is 371 Å². The molecule has 14 aromatic rings. The molecule has 65 heavy (non-hydrogen) atoms. The van der Waals surface area contributed by atoms with Crippen LogP contribution in [0.1, 0.15) is 0 Å². The van der Waals surface area contributed by atoms with Crippen molar-refractivity contribution in [2.24, 2.45) is 0 Å². The van der Waals surface area contributed by atoms with Gasteiger partial charge in [0.05, 0.1) is 27.8 Å². The van der Waals surface area contributed by atoms with Crippen molar-refractivity contribution in [2.45, 2.75) is 0 Å². The maximum atomic E-state index is 6.94. The van der Waals surface area contributed by atoms with Crippen molar-refractivity contribution in [3.05, 3.63) is 212 Å². The van der Waals surface area contributed by atoms with Crippen molar-refractivity contribution in [3.63, 3.8) is 0 Å². The van der Waals surface area contributed by atoms with Gasteiger partial charge in [-0.2, -0.15) is 9.97 Å². The molecule has 0 radical (unpaired) electrons. The Hall–Kier alpha value is -8.87. The minimum Gasteiger partial charge on any atom is -0.454 e. The lowest BCUT2D eigenvalue weighted by atomic mass is 10.0. The Bertz CT molecular complexity index is 4200. The van der Waals surface area contributed by atoms with Gasteiger partial charge in [-0.3, -0.25) is 4.57 Å². The van der Waals surface area contributed by atoms with E-state index in [-0.39, 0.29) is 0 Å². The standard InChI is InChI=1S/C59H35N5O/c1-2-15-36(16-3-1)38-20-14-21-41(31-38)57-60-58(62-59(61-57)64-50-26-11-8-23-44(50)45-24-9-12-27-51(45)64)42-33-49-46-25-10-13-28-54(46)65-56(49)53(35-42)63-52-34-40-19-5-4-18-39(40)32-48(52)47-30-29-37-17-6-7-22-43(37)55(47)63/h1-35H. The van der Waals surface area contributed by atoms with Crippen molar-refractivity contribution in [1.29, 1.82) is 0 Å². The summed E-state index contributed by atoms with van der Waals surface area (Å²) >= 11 is 0. The molecule has 0 bridgehead atoms. The fourth-order valence-electron chi connectivity index (χ4n) is 10.1. The number of para-hydroxylation sites is 3. The van der Waals surface area contributed by atoms with E-state index in [1.54, 1.807) is 0 Å². The lowest BCUT2D eigenvalue weighted by Crippen LogP contribution is -2.07. The summed E-state index contributed by atoms with van der Waals surface area (Å²) in [7, 11) is 0. The third-order valence-electron chi connectivity index (χ3n) is 13.1. The second-order valence-corrected chi connectivity index (χ2v) is 16.8. The van der Waals surface area contributed by atoms with Crippen LogP contribution in [0.2, 0.25) is 0 Å². The van der Waals surface area contributed by atoms with Crippen LogP contribution in [0.5, 0.6) is 0 Å². The van der Waals surface area contributed by atoms with E-state index in [4.69, 9.17) is 19.4 Å². The molecule has 4 heterocycles. The molecule has 0 fully saturated rings. The van der Waals surface area contributed by atoms with Crippen LogP contribution in [0.25, 0.3) is 133 Å². The van der Waals surface area contributed by atoms with Gasteiger partial charge in [-0.1, -0.05) is 164 Å². The summed E-state index contributed by atoms with van der Waals surface area (Å²) in [5, 5.41) is 11.3. The molecule has 0 spiro atoms. The van der Waals surface area contributed by atoms with Crippen LogP contribution in [-0.4, -0.2) is 24.1 Å². The third kappa shape index (κ3) is 5.44. The van der Waals surface area contributed by atoms with E-state index in [1.807, 2.05) is 12.1 Å². The second-order valence-electron chi connectivity index (χ2n) is 16.8. The van der Waals surface area contributed by atoms with E-state index in [0.29, 0.717) is 17.6 Å². The summed E-state index contributed by atoms with van der Waals surface area (Å²) in [5.41, 5.74) is 10.7. The van der Waals surface area contributed by atoms with Gasteiger partial charge >= 0.3 is 0 Å². The van der Waals surface area contributed by atoms with Crippen LogP contribution in [0.3, 0.4) is 0 Å². The topological polar surface area (TPSA) is 61.7 Å². The molecular weight excluding hydrogens is 795 g/mol. The van der Waals surface area contributed by atoms with Crippen molar-refractivity contribution in [3.8, 4) is 45.5 Å². The summed E-state index contributed by atoms with van der Waals surface area (Å²) in [6.07, 6.45) is 0. The third-order valence-corrected chi connectivity index (χ3v) is 13.1. The number of aromatic nitrogens is 5. The molecule has 302 valence electrons. The van der Waals surface area contributed by atoms with Gasteiger partial charge in [0.1, 0.15) is 5.58 Å². The van der Waals surface area contributed by atoms with E-state index in [0.717, 1.165) is 88.1 Å². The number of nitrogens with zero attached hydrogens (tertiary/aromatic N) is 5.